The SMILES string of the molecule is CCOCCN(CCOCC)c1cc(CCl)cc(C)n1. The van der Waals surface area contributed by atoms with Gasteiger partial charge in [-0.05, 0) is 38.5 Å². The molecule has 20 heavy (non-hydrogen) atoms. The second kappa shape index (κ2) is 9.97. The topological polar surface area (TPSA) is 34.6 Å². The maximum absolute atomic E-state index is 5.93. The number of hydrogen-bond donors (Lipinski definition) is 0. The van der Waals surface area contributed by atoms with Gasteiger partial charge in [0.15, 0.2) is 0 Å². The minimum atomic E-state index is 0.501. The third-order valence-electron chi connectivity index (χ3n) is 2.90. The van der Waals surface area contributed by atoms with Gasteiger partial charge in [0.25, 0.3) is 0 Å². The average molecular weight is 301 g/mol. The van der Waals surface area contributed by atoms with Crippen LogP contribution in [0.1, 0.15) is 25.1 Å². The minimum absolute atomic E-state index is 0.501. The second-order valence-electron chi connectivity index (χ2n) is 4.49. The van der Waals surface area contributed by atoms with Crippen molar-refractivity contribution in [2.45, 2.75) is 26.7 Å². The van der Waals surface area contributed by atoms with Crippen molar-refractivity contribution < 1.29 is 9.47 Å². The van der Waals surface area contributed by atoms with Crippen LogP contribution in [0.15, 0.2) is 12.1 Å². The molecule has 0 fully saturated rings. The highest BCUT2D eigenvalue weighted by molar-refractivity contribution is 6.17. The van der Waals surface area contributed by atoms with E-state index < -0.39 is 0 Å². The predicted molar refractivity (Wildman–Crippen MR) is 83.7 cm³/mol. The molecule has 0 aliphatic heterocycles. The van der Waals surface area contributed by atoms with Crippen LogP contribution in [0.5, 0.6) is 0 Å². The molecule has 114 valence electrons. The first-order valence-corrected chi connectivity index (χ1v) is 7.68. The largest absolute Gasteiger partial charge is 0.380 e. The highest BCUT2D eigenvalue weighted by Crippen LogP contribution is 2.16. The molecule has 5 heteroatoms. The Morgan fingerprint density at radius 2 is 1.70 bits per heavy atom. The first-order chi connectivity index (χ1) is 9.71. The molecule has 0 aliphatic rings. The van der Waals surface area contributed by atoms with Gasteiger partial charge >= 0.3 is 0 Å². The summed E-state index contributed by atoms with van der Waals surface area (Å²) in [6, 6.07) is 4.05. The molecule has 1 rings (SSSR count). The zero-order chi connectivity index (χ0) is 14.8. The summed E-state index contributed by atoms with van der Waals surface area (Å²) in [4.78, 5) is 6.78. The van der Waals surface area contributed by atoms with Crippen LogP contribution < -0.4 is 4.90 Å². The van der Waals surface area contributed by atoms with E-state index >= 15 is 0 Å². The lowest BCUT2D eigenvalue weighted by molar-refractivity contribution is 0.141. The van der Waals surface area contributed by atoms with Gasteiger partial charge in [-0.1, -0.05) is 0 Å². The van der Waals surface area contributed by atoms with Gasteiger partial charge in [0, 0.05) is 37.9 Å². The van der Waals surface area contributed by atoms with Gasteiger partial charge in [-0.2, -0.15) is 0 Å². The maximum atomic E-state index is 5.93. The third kappa shape index (κ3) is 6.07. The van der Waals surface area contributed by atoms with Gasteiger partial charge in [-0.15, -0.1) is 11.6 Å². The molecule has 0 unspecified atom stereocenters. The van der Waals surface area contributed by atoms with E-state index in [1.165, 1.54) is 0 Å². The van der Waals surface area contributed by atoms with E-state index in [0.29, 0.717) is 19.1 Å². The number of ether oxygens (including phenoxy) is 2. The maximum Gasteiger partial charge on any atom is 0.129 e. The molecule has 0 spiro atoms. The monoisotopic (exact) mass is 300 g/mol. The fraction of sp³-hybridized carbons (Fsp3) is 0.667. The van der Waals surface area contributed by atoms with Gasteiger partial charge < -0.3 is 14.4 Å². The summed E-state index contributed by atoms with van der Waals surface area (Å²) < 4.78 is 10.9. The molecule has 0 atom stereocenters. The van der Waals surface area contributed by atoms with E-state index in [0.717, 1.165) is 43.4 Å². The molecule has 1 heterocycles. The first kappa shape index (κ1) is 17.2. The van der Waals surface area contributed by atoms with Crippen molar-refractivity contribution in [2.75, 3.05) is 44.4 Å². The van der Waals surface area contributed by atoms with Crippen molar-refractivity contribution in [3.63, 3.8) is 0 Å². The molecular weight excluding hydrogens is 276 g/mol. The molecule has 0 bridgehead atoms. The highest BCUT2D eigenvalue weighted by atomic mass is 35.5. The smallest absolute Gasteiger partial charge is 0.129 e. The quantitative estimate of drug-likeness (QED) is 0.491. The highest BCUT2D eigenvalue weighted by Gasteiger charge is 2.09. The second-order valence-corrected chi connectivity index (χ2v) is 4.76. The number of aryl methyl sites for hydroxylation is 1. The molecule has 1 aromatic rings. The summed E-state index contributed by atoms with van der Waals surface area (Å²) in [6.45, 7) is 10.4. The Bertz CT molecular complexity index is 378. The standard InChI is InChI=1S/C15H25ClN2O2/c1-4-19-8-6-18(7-9-20-5-2)15-11-14(12-16)10-13(3)17-15/h10-11H,4-9,12H2,1-3H3. The zero-order valence-electron chi connectivity index (χ0n) is 12.7. The summed E-state index contributed by atoms with van der Waals surface area (Å²) >= 11 is 5.93. The van der Waals surface area contributed by atoms with Crippen molar-refractivity contribution in [3.8, 4) is 0 Å². The van der Waals surface area contributed by atoms with Crippen LogP contribution in [-0.2, 0) is 15.4 Å². The Kier molecular flexibility index (Phi) is 8.58. The fourth-order valence-corrected chi connectivity index (χ4v) is 2.09. The van der Waals surface area contributed by atoms with E-state index in [-0.39, 0.29) is 0 Å². The summed E-state index contributed by atoms with van der Waals surface area (Å²) in [6.07, 6.45) is 0. The van der Waals surface area contributed by atoms with Crippen molar-refractivity contribution in [3.05, 3.63) is 23.4 Å². The normalized spacial score (nSPS) is 10.8. The molecule has 0 radical (unpaired) electrons. The molecule has 0 saturated carbocycles. The summed E-state index contributed by atoms with van der Waals surface area (Å²) in [7, 11) is 0. The summed E-state index contributed by atoms with van der Waals surface area (Å²) in [5, 5.41) is 0. The van der Waals surface area contributed by atoms with Crippen molar-refractivity contribution in [1.29, 1.82) is 0 Å². The van der Waals surface area contributed by atoms with Crippen LogP contribution in [0.4, 0.5) is 5.82 Å². The number of pyridine rings is 1. The molecule has 4 nitrogen and oxygen atoms in total. The number of halogens is 1. The molecule has 1 aromatic heterocycles. The number of nitrogens with zero attached hydrogens (tertiary/aromatic N) is 2. The Hall–Kier alpha value is -0.840. The molecular formula is C15H25ClN2O2. The molecule has 0 aromatic carbocycles. The van der Waals surface area contributed by atoms with Crippen LogP contribution in [0, 0.1) is 6.92 Å². The predicted octanol–water partition coefficient (Wildman–Crippen LogP) is 3.01. The van der Waals surface area contributed by atoms with Gasteiger partial charge in [0.05, 0.1) is 13.2 Å². The van der Waals surface area contributed by atoms with Crippen molar-refractivity contribution in [1.82, 2.24) is 4.98 Å². The molecule has 0 amide bonds. The van der Waals surface area contributed by atoms with Crippen LogP contribution in [0.2, 0.25) is 0 Å². The van der Waals surface area contributed by atoms with E-state index in [4.69, 9.17) is 21.1 Å². The first-order valence-electron chi connectivity index (χ1n) is 7.15. The molecule has 0 N–H and O–H groups in total. The number of rotatable bonds is 10. The zero-order valence-corrected chi connectivity index (χ0v) is 13.4. The lowest BCUT2D eigenvalue weighted by Gasteiger charge is -2.24. The van der Waals surface area contributed by atoms with Crippen molar-refractivity contribution >= 4 is 17.4 Å². The lowest BCUT2D eigenvalue weighted by atomic mass is 10.2. The Morgan fingerprint density at radius 3 is 2.20 bits per heavy atom. The number of anilines is 1. The lowest BCUT2D eigenvalue weighted by Crippen LogP contribution is -2.32. The number of hydrogen-bond acceptors (Lipinski definition) is 4. The van der Waals surface area contributed by atoms with Crippen LogP contribution in [-0.4, -0.2) is 44.5 Å². The van der Waals surface area contributed by atoms with Crippen LogP contribution >= 0.6 is 11.6 Å². The molecule has 0 aliphatic carbocycles. The van der Waals surface area contributed by atoms with E-state index in [9.17, 15) is 0 Å². The van der Waals surface area contributed by atoms with Crippen LogP contribution in [0.25, 0.3) is 0 Å². The average Bonchev–Trinajstić information content (AvgIpc) is 2.45. The van der Waals surface area contributed by atoms with Gasteiger partial charge in [0.1, 0.15) is 5.82 Å². The Morgan fingerprint density at radius 1 is 1.10 bits per heavy atom. The molecule has 0 saturated heterocycles. The van der Waals surface area contributed by atoms with Crippen molar-refractivity contribution in [2.24, 2.45) is 0 Å². The third-order valence-corrected chi connectivity index (χ3v) is 3.21. The number of alkyl halides is 1. The minimum Gasteiger partial charge on any atom is -0.380 e. The van der Waals surface area contributed by atoms with Gasteiger partial charge in [-0.25, -0.2) is 4.98 Å². The summed E-state index contributed by atoms with van der Waals surface area (Å²) in [5.41, 5.74) is 2.07. The summed E-state index contributed by atoms with van der Waals surface area (Å²) in [5.74, 6) is 1.45. The number of aromatic nitrogens is 1. The fourth-order valence-electron chi connectivity index (χ4n) is 1.94. The van der Waals surface area contributed by atoms with E-state index in [1.54, 1.807) is 0 Å². The Labute approximate surface area is 127 Å². The van der Waals surface area contributed by atoms with Gasteiger partial charge in [0.2, 0.25) is 0 Å². The van der Waals surface area contributed by atoms with Crippen LogP contribution in [0.3, 0.4) is 0 Å². The Balaban J connectivity index is 2.75. The van der Waals surface area contributed by atoms with Gasteiger partial charge in [-0.3, -0.25) is 0 Å². The van der Waals surface area contributed by atoms with E-state index in [1.807, 2.05) is 32.9 Å². The van der Waals surface area contributed by atoms with E-state index in [2.05, 4.69) is 9.88 Å².